The van der Waals surface area contributed by atoms with E-state index < -0.39 is 15.9 Å². The van der Waals surface area contributed by atoms with Crippen molar-refractivity contribution >= 4 is 9.84 Å². The summed E-state index contributed by atoms with van der Waals surface area (Å²) in [5.41, 5.74) is 0.752. The third-order valence-corrected chi connectivity index (χ3v) is 5.12. The third-order valence-electron chi connectivity index (χ3n) is 3.42. The zero-order valence-corrected chi connectivity index (χ0v) is 12.2. The van der Waals surface area contributed by atoms with E-state index in [1.54, 1.807) is 7.05 Å². The highest BCUT2D eigenvalue weighted by atomic mass is 32.2. The van der Waals surface area contributed by atoms with Gasteiger partial charge in [0.05, 0.1) is 29.3 Å². The molecule has 0 radical (unpaired) electrons. The lowest BCUT2D eigenvalue weighted by Gasteiger charge is -2.24. The molecule has 0 amide bonds. The number of hydrogen-bond donors (Lipinski definition) is 1. The molecule has 0 aliphatic carbocycles. The first-order valence-corrected chi connectivity index (χ1v) is 8.15. The van der Waals surface area contributed by atoms with Crippen molar-refractivity contribution in [3.63, 3.8) is 0 Å². The molecule has 0 saturated carbocycles. The molecule has 1 fully saturated rings. The lowest BCUT2D eigenvalue weighted by atomic mass is 10.1. The van der Waals surface area contributed by atoms with E-state index in [2.05, 4.69) is 5.16 Å². The van der Waals surface area contributed by atoms with Crippen molar-refractivity contribution in [3.8, 4) is 0 Å². The normalized spacial score (nSPS) is 26.4. The van der Waals surface area contributed by atoms with Crippen LogP contribution in [0.1, 0.15) is 31.2 Å². The van der Waals surface area contributed by atoms with Crippen LogP contribution in [0.25, 0.3) is 0 Å². The number of aliphatic hydroxyl groups is 1. The minimum absolute atomic E-state index is 0.000441. The Morgan fingerprint density at radius 3 is 2.68 bits per heavy atom. The summed E-state index contributed by atoms with van der Waals surface area (Å²) in [4.78, 5) is 1.82. The average molecular weight is 288 g/mol. The van der Waals surface area contributed by atoms with Gasteiger partial charge in [-0.05, 0) is 7.05 Å². The maximum atomic E-state index is 11.5. The summed E-state index contributed by atoms with van der Waals surface area (Å²) in [6, 6.07) is 1.50. The fourth-order valence-corrected chi connectivity index (χ4v) is 4.15. The van der Waals surface area contributed by atoms with Crippen LogP contribution in [-0.4, -0.2) is 54.3 Å². The van der Waals surface area contributed by atoms with E-state index in [1.807, 2.05) is 24.8 Å². The lowest BCUT2D eigenvalue weighted by molar-refractivity contribution is 0.0944. The van der Waals surface area contributed by atoms with E-state index in [1.165, 1.54) is 0 Å². The van der Waals surface area contributed by atoms with Crippen molar-refractivity contribution in [3.05, 3.63) is 17.5 Å². The van der Waals surface area contributed by atoms with E-state index in [9.17, 15) is 13.5 Å². The molecular weight excluding hydrogens is 268 g/mol. The molecule has 19 heavy (non-hydrogen) atoms. The van der Waals surface area contributed by atoms with Gasteiger partial charge in [0, 0.05) is 18.5 Å². The fraction of sp³-hybridized carbons (Fsp3) is 0.750. The van der Waals surface area contributed by atoms with Crippen LogP contribution in [0.4, 0.5) is 0 Å². The fourth-order valence-electron chi connectivity index (χ4n) is 2.28. The Labute approximate surface area is 113 Å². The summed E-state index contributed by atoms with van der Waals surface area (Å²) in [5, 5.41) is 13.8. The van der Waals surface area contributed by atoms with Gasteiger partial charge in [0.1, 0.15) is 5.76 Å². The predicted octanol–water partition coefficient (Wildman–Crippen LogP) is 0.388. The molecule has 6 nitrogen and oxygen atoms in total. The maximum Gasteiger partial charge on any atom is 0.154 e. The van der Waals surface area contributed by atoms with Crippen molar-refractivity contribution in [2.75, 3.05) is 18.6 Å². The summed E-state index contributed by atoms with van der Waals surface area (Å²) in [7, 11) is -1.34. The van der Waals surface area contributed by atoms with Gasteiger partial charge in [0.15, 0.2) is 9.84 Å². The van der Waals surface area contributed by atoms with E-state index in [0.29, 0.717) is 6.54 Å². The van der Waals surface area contributed by atoms with Gasteiger partial charge in [-0.3, -0.25) is 4.90 Å². The van der Waals surface area contributed by atoms with Crippen molar-refractivity contribution in [1.82, 2.24) is 10.1 Å². The molecule has 108 valence electrons. The van der Waals surface area contributed by atoms with Gasteiger partial charge < -0.3 is 9.63 Å². The molecule has 2 heterocycles. The lowest BCUT2D eigenvalue weighted by Crippen LogP contribution is -2.40. The number of nitrogens with zero attached hydrogens (tertiary/aromatic N) is 2. The molecule has 7 heteroatoms. The van der Waals surface area contributed by atoms with E-state index >= 15 is 0 Å². The average Bonchev–Trinajstić information content (AvgIpc) is 2.83. The van der Waals surface area contributed by atoms with Crippen LogP contribution in [0.3, 0.4) is 0 Å². The smallest absolute Gasteiger partial charge is 0.154 e. The second-order valence-electron chi connectivity index (χ2n) is 5.50. The quantitative estimate of drug-likeness (QED) is 0.863. The Balaban J connectivity index is 2.02. The summed E-state index contributed by atoms with van der Waals surface area (Å²) in [5.74, 6) is 0.921. The van der Waals surface area contributed by atoms with E-state index in [0.717, 1.165) is 11.5 Å². The number of aliphatic hydroxyl groups excluding tert-OH is 1. The molecule has 0 unspecified atom stereocenters. The zero-order chi connectivity index (χ0) is 14.2. The molecule has 1 aromatic heterocycles. The van der Waals surface area contributed by atoms with Crippen LogP contribution < -0.4 is 0 Å². The number of sulfone groups is 1. The van der Waals surface area contributed by atoms with Crippen molar-refractivity contribution in [1.29, 1.82) is 0 Å². The molecule has 0 bridgehead atoms. The van der Waals surface area contributed by atoms with Gasteiger partial charge >= 0.3 is 0 Å². The molecular formula is C12H20N2O4S. The van der Waals surface area contributed by atoms with Crippen molar-refractivity contribution in [2.24, 2.45) is 0 Å². The van der Waals surface area contributed by atoms with Crippen LogP contribution in [0.5, 0.6) is 0 Å². The van der Waals surface area contributed by atoms with Crippen LogP contribution in [0, 0.1) is 0 Å². The van der Waals surface area contributed by atoms with Gasteiger partial charge in [-0.25, -0.2) is 8.42 Å². The molecule has 1 N–H and O–H groups in total. The number of rotatable bonds is 4. The van der Waals surface area contributed by atoms with Crippen molar-refractivity contribution < 1.29 is 18.0 Å². The topological polar surface area (TPSA) is 83.6 Å². The first-order valence-electron chi connectivity index (χ1n) is 6.32. The second-order valence-corrected chi connectivity index (χ2v) is 7.66. The van der Waals surface area contributed by atoms with Crippen LogP contribution in [-0.2, 0) is 16.4 Å². The van der Waals surface area contributed by atoms with Crippen LogP contribution >= 0.6 is 0 Å². The summed E-state index contributed by atoms with van der Waals surface area (Å²) >= 11 is 0. The molecule has 1 aromatic rings. The second kappa shape index (κ2) is 5.22. The Morgan fingerprint density at radius 2 is 2.21 bits per heavy atom. The summed E-state index contributed by atoms with van der Waals surface area (Å²) in [6.07, 6.45) is -0.827. The molecule has 1 aliphatic rings. The maximum absolute atomic E-state index is 11.5. The van der Waals surface area contributed by atoms with Crippen LogP contribution in [0.15, 0.2) is 10.6 Å². The predicted molar refractivity (Wildman–Crippen MR) is 70.5 cm³/mol. The summed E-state index contributed by atoms with van der Waals surface area (Å²) < 4.78 is 28.2. The largest absolute Gasteiger partial charge is 0.390 e. The SMILES string of the molecule is CC(C)c1cc(CN(C)[C@H]2CS(=O)(=O)C[C@@H]2O)no1. The molecule has 2 rings (SSSR count). The minimum atomic E-state index is -3.13. The van der Waals surface area contributed by atoms with Gasteiger partial charge in [-0.1, -0.05) is 19.0 Å². The Morgan fingerprint density at radius 1 is 1.53 bits per heavy atom. The van der Waals surface area contributed by atoms with Crippen LogP contribution in [0.2, 0.25) is 0 Å². The molecule has 0 aromatic carbocycles. The number of likely N-dealkylation sites (N-methyl/N-ethyl adjacent to an activating group) is 1. The minimum Gasteiger partial charge on any atom is -0.390 e. The highest BCUT2D eigenvalue weighted by Gasteiger charge is 2.38. The Hall–Kier alpha value is -0.920. The standard InChI is InChI=1S/C12H20N2O4S/c1-8(2)12-4-9(13-18-12)5-14(3)10-6-19(16,17)7-11(10)15/h4,8,10-11,15H,5-7H2,1-3H3/t10-,11-/m0/s1. The molecule has 0 spiro atoms. The number of aromatic nitrogens is 1. The highest BCUT2D eigenvalue weighted by molar-refractivity contribution is 7.91. The van der Waals surface area contributed by atoms with Crippen molar-refractivity contribution in [2.45, 2.75) is 38.5 Å². The van der Waals surface area contributed by atoms with E-state index in [-0.39, 0.29) is 23.5 Å². The Bertz CT molecular complexity index is 538. The summed E-state index contributed by atoms with van der Waals surface area (Å²) in [6.45, 7) is 4.50. The third kappa shape index (κ3) is 3.34. The monoisotopic (exact) mass is 288 g/mol. The number of hydrogen-bond acceptors (Lipinski definition) is 6. The van der Waals surface area contributed by atoms with Gasteiger partial charge in [0.25, 0.3) is 0 Å². The molecule has 2 atom stereocenters. The molecule has 1 aliphatic heterocycles. The highest BCUT2D eigenvalue weighted by Crippen LogP contribution is 2.20. The first-order chi connectivity index (χ1) is 8.78. The Kier molecular flexibility index (Phi) is 3.98. The van der Waals surface area contributed by atoms with Gasteiger partial charge in [-0.15, -0.1) is 0 Å². The van der Waals surface area contributed by atoms with Gasteiger partial charge in [-0.2, -0.15) is 0 Å². The first kappa shape index (κ1) is 14.5. The van der Waals surface area contributed by atoms with E-state index in [4.69, 9.17) is 4.52 Å². The zero-order valence-electron chi connectivity index (χ0n) is 11.4. The van der Waals surface area contributed by atoms with Gasteiger partial charge in [0.2, 0.25) is 0 Å². The molecule has 1 saturated heterocycles.